The minimum Gasteiger partial charge on any atom is -0.487 e. The molecule has 81 heavy (non-hydrogen) atoms. The van der Waals surface area contributed by atoms with Gasteiger partial charge in [-0.1, -0.05) is 60.1 Å². The van der Waals surface area contributed by atoms with Crippen molar-refractivity contribution in [2.24, 2.45) is 28.4 Å². The highest BCUT2D eigenvalue weighted by molar-refractivity contribution is 5.97. The summed E-state index contributed by atoms with van der Waals surface area (Å²) in [5.74, 6) is 5.26. The fourth-order valence-corrected chi connectivity index (χ4v) is 15.6. The summed E-state index contributed by atoms with van der Waals surface area (Å²) in [6.07, 6.45) is -4.81. The van der Waals surface area contributed by atoms with Crippen molar-refractivity contribution in [1.29, 1.82) is 0 Å². The largest absolute Gasteiger partial charge is 0.487 e. The maximum absolute atomic E-state index is 14.2. The highest BCUT2D eigenvalue weighted by atomic mass is 16.7. The molecule has 2 aliphatic carbocycles. The molecule has 420 valence electrons. The molecule has 3 fully saturated rings. The number of carboxylic acids is 1. The summed E-state index contributed by atoms with van der Waals surface area (Å²) < 4.78 is 49.0. The van der Waals surface area contributed by atoms with E-state index >= 15 is 0 Å². The number of nitrogens with one attached hydrogen (secondary N) is 2. The Bertz CT molecular complexity index is 3600. The average Bonchev–Trinajstić information content (AvgIpc) is 4.39. The van der Waals surface area contributed by atoms with Crippen LogP contribution in [-0.2, 0) is 37.0 Å². The molecule has 2 spiro atoms. The minimum absolute atomic E-state index is 0.0104. The van der Waals surface area contributed by atoms with Crippen LogP contribution in [0.25, 0.3) is 10.9 Å². The van der Waals surface area contributed by atoms with Gasteiger partial charge in [-0.2, -0.15) is 0 Å². The van der Waals surface area contributed by atoms with E-state index in [9.17, 15) is 50.1 Å². The van der Waals surface area contributed by atoms with Gasteiger partial charge in [0.05, 0.1) is 29.7 Å². The topological polar surface area (TPSA) is 316 Å². The van der Waals surface area contributed by atoms with Crippen LogP contribution >= 0.6 is 0 Å². The highest BCUT2D eigenvalue weighted by Gasteiger charge is 2.77. The summed E-state index contributed by atoms with van der Waals surface area (Å²) in [6, 6.07) is 16.6. The average molecular weight is 1110 g/mol. The van der Waals surface area contributed by atoms with Crippen molar-refractivity contribution in [2.75, 3.05) is 13.4 Å². The molecule has 17 unspecified atom stereocenters. The number of fused-ring (bicyclic) bond motifs is 9. The summed E-state index contributed by atoms with van der Waals surface area (Å²) >= 11 is 0. The van der Waals surface area contributed by atoms with Crippen molar-refractivity contribution < 1.29 is 83.3 Å². The van der Waals surface area contributed by atoms with Crippen molar-refractivity contribution in [2.45, 2.75) is 130 Å². The Morgan fingerprint density at radius 2 is 1.78 bits per heavy atom. The van der Waals surface area contributed by atoms with E-state index in [1.54, 1.807) is 18.3 Å². The molecule has 8 aliphatic heterocycles. The standard InChI is InChI=1S/C60H58N4O17/c61-53-52-59(17-20-63-53)50(69)51(70)60(74)56(81-59)78-40-22-41-43(49-44-34-8-9-39(76-28-67)48(47(34)79-49)75-27-32(68)6-7-33(46(44)77-41)29-4-2-1-3-5-29)36(25-64-24-30-13-19-62-45(30)38(64)26-66)42(40)37-12-15-57(18-21-65,31-10-16-58(37,60)23-31)14-11-35(54(71)72)55(73)80-52/h1-5,8-9,13,17,19-22,24,31-33,35,37,44,46,49-53,56,62-63,66-70,74H,10,12,15-16,18,23,25-28,61H2,(H,71,72). The summed E-state index contributed by atoms with van der Waals surface area (Å²) in [5.41, 5.74) is 3.32. The number of aliphatic carboxylic acids is 1. The third-order valence-corrected chi connectivity index (χ3v) is 19.2. The Kier molecular flexibility index (Phi) is 11.9. The minimum atomic E-state index is -2.52. The van der Waals surface area contributed by atoms with E-state index in [-0.39, 0.29) is 80.6 Å². The molecule has 1 saturated heterocycles. The number of H-pyrrole nitrogens is 1. The lowest BCUT2D eigenvalue weighted by Crippen LogP contribution is -2.80. The fraction of sp³-hybridized carbons (Fsp3) is 0.450. The van der Waals surface area contributed by atoms with Crippen LogP contribution in [-0.4, -0.2) is 131 Å². The van der Waals surface area contributed by atoms with Crippen molar-refractivity contribution in [3.05, 3.63) is 113 Å². The molecule has 0 amide bonds. The number of aliphatic hydroxyl groups is 6. The van der Waals surface area contributed by atoms with Gasteiger partial charge in [0.1, 0.15) is 61.1 Å². The Labute approximate surface area is 462 Å². The van der Waals surface area contributed by atoms with Gasteiger partial charge in [-0.05, 0) is 79.5 Å². The number of hydrogen-bond acceptors (Lipinski definition) is 18. The van der Waals surface area contributed by atoms with Crippen LogP contribution in [0.4, 0.5) is 0 Å². The SMILES string of the molecule is NC1NC=CC23OC4Oc5cc6c(c(Cn7cc8cc[nH]c8c7CO)c5C5CCC(CC=O)(C#CC(C(=O)O)C(=O)OC12)C1CCC5(C1)C4(O)C(O)C3O)C1Oc2c3ccc(OCO)c2OCC(O)C#CC(c2ccccc2)C(O6)C31. The highest BCUT2D eigenvalue weighted by Crippen LogP contribution is 2.72. The number of esters is 1. The van der Waals surface area contributed by atoms with E-state index in [4.69, 9.17) is 38.9 Å². The summed E-state index contributed by atoms with van der Waals surface area (Å²) in [4.78, 5) is 43.6. The number of ether oxygens (including phenoxy) is 7. The quantitative estimate of drug-likeness (QED) is 0.0333. The number of carboxylic acid groups (broad SMARTS) is 1. The second-order valence-corrected chi connectivity index (χ2v) is 22.9. The molecule has 11 N–H and O–H groups in total. The monoisotopic (exact) mass is 1110 g/mol. The first kappa shape index (κ1) is 51.6. The van der Waals surface area contributed by atoms with E-state index in [1.165, 1.54) is 12.3 Å². The second-order valence-electron chi connectivity index (χ2n) is 22.9. The van der Waals surface area contributed by atoms with Gasteiger partial charge < -0.3 is 94.3 Å². The van der Waals surface area contributed by atoms with Crippen LogP contribution in [0, 0.1) is 46.3 Å². The Balaban J connectivity index is 1.07. The summed E-state index contributed by atoms with van der Waals surface area (Å²) in [7, 11) is 0. The third kappa shape index (κ3) is 7.26. The lowest BCUT2D eigenvalue weighted by Gasteiger charge is -2.60. The maximum Gasteiger partial charge on any atom is 0.333 e. The number of nitrogens with two attached hydrogens (primary N) is 1. The van der Waals surface area contributed by atoms with E-state index in [2.05, 4.69) is 34.0 Å². The number of carbonyl (C=O) groups excluding carboxylic acids is 2. The number of hydrogen-bond donors (Lipinski definition) is 10. The normalized spacial score (nSPS) is 37.0. The van der Waals surface area contributed by atoms with E-state index < -0.39 is 119 Å². The lowest BCUT2D eigenvalue weighted by atomic mass is 9.55. The predicted octanol–water partition coefficient (Wildman–Crippen LogP) is 2.57. The second kappa shape index (κ2) is 18.7. The van der Waals surface area contributed by atoms with Crippen molar-refractivity contribution in [3.8, 4) is 52.4 Å². The number of nitrogens with zero attached hydrogens (tertiary/aromatic N) is 1. The molecule has 2 saturated carbocycles. The van der Waals surface area contributed by atoms with Gasteiger partial charge in [-0.3, -0.25) is 9.59 Å². The van der Waals surface area contributed by atoms with Crippen molar-refractivity contribution >= 4 is 29.1 Å². The number of rotatable bonds is 9. The van der Waals surface area contributed by atoms with Crippen LogP contribution < -0.4 is 34.7 Å². The molecule has 5 aromatic rings. The number of aldehydes is 1. The van der Waals surface area contributed by atoms with E-state index in [0.29, 0.717) is 39.9 Å². The number of benzene rings is 3. The predicted molar refractivity (Wildman–Crippen MR) is 280 cm³/mol. The van der Waals surface area contributed by atoms with Gasteiger partial charge in [0, 0.05) is 64.3 Å². The van der Waals surface area contributed by atoms with E-state index in [1.807, 2.05) is 53.2 Å². The van der Waals surface area contributed by atoms with Gasteiger partial charge in [-0.25, -0.2) is 0 Å². The molecule has 3 aromatic carbocycles. The number of aliphatic hydroxyl groups excluding tert-OH is 5. The van der Waals surface area contributed by atoms with Gasteiger partial charge in [0.25, 0.3) is 0 Å². The molecule has 21 heteroatoms. The maximum atomic E-state index is 14.2. The summed E-state index contributed by atoms with van der Waals surface area (Å²) in [5, 5.41) is 87.2. The molecule has 21 nitrogen and oxygen atoms in total. The molecule has 15 rings (SSSR count). The van der Waals surface area contributed by atoms with Crippen LogP contribution in [0.2, 0.25) is 0 Å². The van der Waals surface area contributed by atoms with Crippen LogP contribution in [0.5, 0.6) is 28.7 Å². The van der Waals surface area contributed by atoms with Crippen molar-refractivity contribution in [3.63, 3.8) is 0 Å². The number of carbonyl (C=O) groups is 3. The number of aromatic nitrogens is 2. The first-order chi connectivity index (χ1) is 39.2. The zero-order chi connectivity index (χ0) is 55.9. The lowest BCUT2D eigenvalue weighted by molar-refractivity contribution is -0.379. The molecular weight excluding hydrogens is 1050 g/mol. The van der Waals surface area contributed by atoms with Gasteiger partial charge in [0.2, 0.25) is 18.0 Å². The fourth-order valence-electron chi connectivity index (χ4n) is 15.6. The van der Waals surface area contributed by atoms with Gasteiger partial charge >= 0.3 is 11.9 Å². The smallest absolute Gasteiger partial charge is 0.333 e. The molecule has 10 heterocycles. The first-order valence-electron chi connectivity index (χ1n) is 27.3. The first-order valence-corrected chi connectivity index (χ1v) is 27.3. The molecular formula is C60H58N4O17. The Hall–Kier alpha value is -7.57. The van der Waals surface area contributed by atoms with Crippen molar-refractivity contribution in [1.82, 2.24) is 14.9 Å². The molecule has 10 bridgehead atoms. The van der Waals surface area contributed by atoms with Crippen LogP contribution in [0.1, 0.15) is 95.9 Å². The Morgan fingerprint density at radius 3 is 2.57 bits per heavy atom. The molecule has 17 atom stereocenters. The zero-order valence-corrected chi connectivity index (χ0v) is 43.4. The molecule has 2 aromatic heterocycles. The number of aromatic amines is 1. The molecule has 0 radical (unpaired) electrons. The van der Waals surface area contributed by atoms with E-state index in [0.717, 1.165) is 17.2 Å². The van der Waals surface area contributed by atoms with Gasteiger partial charge in [0.15, 0.2) is 35.6 Å². The summed E-state index contributed by atoms with van der Waals surface area (Å²) in [6.45, 7) is -1.37. The zero-order valence-electron chi connectivity index (χ0n) is 43.4. The third-order valence-electron chi connectivity index (χ3n) is 19.2. The van der Waals surface area contributed by atoms with Crippen LogP contribution in [0.3, 0.4) is 0 Å². The van der Waals surface area contributed by atoms with Gasteiger partial charge in [-0.15, -0.1) is 0 Å². The molecule has 10 aliphatic rings. The van der Waals surface area contributed by atoms with Crippen LogP contribution in [0.15, 0.2) is 79.3 Å². The Morgan fingerprint density at radius 1 is 0.951 bits per heavy atom.